The zero-order chi connectivity index (χ0) is 9.84. The summed E-state index contributed by atoms with van der Waals surface area (Å²) in [6, 6.07) is 0. The molecule has 1 fully saturated rings. The maximum absolute atomic E-state index is 11.1. The number of carbonyl (C=O) groups excluding carboxylic acids is 2. The first-order valence-electron chi connectivity index (χ1n) is 4.34. The molecule has 2 atom stereocenters. The van der Waals surface area contributed by atoms with E-state index in [2.05, 4.69) is 9.47 Å². The fourth-order valence-electron chi connectivity index (χ4n) is 1.74. The monoisotopic (exact) mass is 186 g/mol. The Bertz CT molecular complexity index is 190. The molecule has 4 heteroatoms. The van der Waals surface area contributed by atoms with Gasteiger partial charge in [0.2, 0.25) is 0 Å². The summed E-state index contributed by atoms with van der Waals surface area (Å²) < 4.78 is 9.21. The molecule has 0 saturated heterocycles. The van der Waals surface area contributed by atoms with Crippen LogP contribution in [0.3, 0.4) is 0 Å². The quantitative estimate of drug-likeness (QED) is 0.597. The van der Waals surface area contributed by atoms with E-state index >= 15 is 0 Å². The molecule has 4 nitrogen and oxygen atoms in total. The van der Waals surface area contributed by atoms with Crippen molar-refractivity contribution < 1.29 is 19.1 Å². The third-order valence-electron chi connectivity index (χ3n) is 2.50. The fourth-order valence-corrected chi connectivity index (χ4v) is 1.74. The predicted octanol–water partition coefficient (Wildman–Crippen LogP) is 0.749. The van der Waals surface area contributed by atoms with Gasteiger partial charge >= 0.3 is 11.9 Å². The van der Waals surface area contributed by atoms with Gasteiger partial charge in [0.25, 0.3) is 0 Å². The average molecular weight is 186 g/mol. The van der Waals surface area contributed by atoms with Gasteiger partial charge in [0.1, 0.15) is 0 Å². The van der Waals surface area contributed by atoms with Gasteiger partial charge in [-0.3, -0.25) is 9.59 Å². The van der Waals surface area contributed by atoms with Crippen LogP contribution in [0.25, 0.3) is 0 Å². The van der Waals surface area contributed by atoms with E-state index in [-0.39, 0.29) is 23.8 Å². The third kappa shape index (κ3) is 2.20. The second-order valence-corrected chi connectivity index (χ2v) is 3.25. The number of rotatable bonds is 2. The second-order valence-electron chi connectivity index (χ2n) is 3.25. The van der Waals surface area contributed by atoms with Gasteiger partial charge in [-0.25, -0.2) is 0 Å². The van der Waals surface area contributed by atoms with Crippen molar-refractivity contribution in [2.24, 2.45) is 11.8 Å². The van der Waals surface area contributed by atoms with Gasteiger partial charge in [-0.05, 0) is 19.3 Å². The molecule has 74 valence electrons. The maximum Gasteiger partial charge on any atom is 0.308 e. The van der Waals surface area contributed by atoms with Gasteiger partial charge in [-0.15, -0.1) is 0 Å². The SMILES string of the molecule is COC(=O)C1CCC(C(=O)OC)C1. The van der Waals surface area contributed by atoms with Gasteiger partial charge in [0.05, 0.1) is 26.1 Å². The van der Waals surface area contributed by atoms with Gasteiger partial charge in [-0.2, -0.15) is 0 Å². The van der Waals surface area contributed by atoms with Gasteiger partial charge in [0, 0.05) is 0 Å². The van der Waals surface area contributed by atoms with E-state index in [1.165, 1.54) is 14.2 Å². The smallest absolute Gasteiger partial charge is 0.308 e. The van der Waals surface area contributed by atoms with Crippen LogP contribution in [0.2, 0.25) is 0 Å². The molecule has 0 N–H and O–H groups in total. The molecule has 0 amide bonds. The van der Waals surface area contributed by atoms with Crippen molar-refractivity contribution in [1.82, 2.24) is 0 Å². The highest BCUT2D eigenvalue weighted by atomic mass is 16.5. The molecule has 0 aromatic carbocycles. The van der Waals surface area contributed by atoms with Crippen molar-refractivity contribution in [1.29, 1.82) is 0 Å². The maximum atomic E-state index is 11.1. The standard InChI is InChI=1S/C9H14O4/c1-12-8(10)6-3-4-7(5-6)9(11)13-2/h6-7H,3-5H2,1-2H3. The summed E-state index contributed by atoms with van der Waals surface area (Å²) in [5, 5.41) is 0. The summed E-state index contributed by atoms with van der Waals surface area (Å²) in [7, 11) is 2.74. The summed E-state index contributed by atoms with van der Waals surface area (Å²) in [5.74, 6) is -0.666. The Morgan fingerprint density at radius 3 is 1.69 bits per heavy atom. The Labute approximate surface area is 77.2 Å². The van der Waals surface area contributed by atoms with Crippen LogP contribution in [-0.4, -0.2) is 26.2 Å². The van der Waals surface area contributed by atoms with Gasteiger partial charge in [-0.1, -0.05) is 0 Å². The van der Waals surface area contributed by atoms with Crippen molar-refractivity contribution in [2.45, 2.75) is 19.3 Å². The molecule has 0 bridgehead atoms. The molecule has 1 aliphatic carbocycles. The van der Waals surface area contributed by atoms with Crippen LogP contribution in [0.15, 0.2) is 0 Å². The molecule has 0 aliphatic heterocycles. The minimum atomic E-state index is -0.216. The van der Waals surface area contributed by atoms with Crippen molar-refractivity contribution >= 4 is 11.9 Å². The highest BCUT2D eigenvalue weighted by Crippen LogP contribution is 2.32. The van der Waals surface area contributed by atoms with E-state index in [1.807, 2.05) is 0 Å². The van der Waals surface area contributed by atoms with Crippen LogP contribution in [-0.2, 0) is 19.1 Å². The molecule has 13 heavy (non-hydrogen) atoms. The minimum Gasteiger partial charge on any atom is -0.469 e. The Hall–Kier alpha value is -1.06. The topological polar surface area (TPSA) is 52.6 Å². The zero-order valence-corrected chi connectivity index (χ0v) is 7.91. The largest absolute Gasteiger partial charge is 0.469 e. The molecule has 1 saturated carbocycles. The van der Waals surface area contributed by atoms with Crippen molar-refractivity contribution in [3.05, 3.63) is 0 Å². The molecule has 0 radical (unpaired) electrons. The summed E-state index contributed by atoms with van der Waals surface area (Å²) in [5.41, 5.74) is 0. The number of hydrogen-bond donors (Lipinski definition) is 0. The Kier molecular flexibility index (Phi) is 3.28. The average Bonchev–Trinajstić information content (AvgIpc) is 2.64. The van der Waals surface area contributed by atoms with Gasteiger partial charge < -0.3 is 9.47 Å². The first-order valence-corrected chi connectivity index (χ1v) is 4.34. The van der Waals surface area contributed by atoms with Crippen LogP contribution in [0, 0.1) is 11.8 Å². The summed E-state index contributed by atoms with van der Waals surface area (Å²) in [6.45, 7) is 0. The molecule has 0 aromatic heterocycles. The van der Waals surface area contributed by atoms with E-state index in [4.69, 9.17) is 0 Å². The van der Waals surface area contributed by atoms with E-state index in [9.17, 15) is 9.59 Å². The first kappa shape index (κ1) is 10.0. The lowest BCUT2D eigenvalue weighted by Gasteiger charge is -2.07. The number of carbonyl (C=O) groups is 2. The first-order chi connectivity index (χ1) is 6.19. The van der Waals surface area contributed by atoms with Crippen LogP contribution in [0.5, 0.6) is 0 Å². The zero-order valence-electron chi connectivity index (χ0n) is 7.91. The van der Waals surface area contributed by atoms with E-state index in [0.29, 0.717) is 6.42 Å². The van der Waals surface area contributed by atoms with Crippen molar-refractivity contribution in [3.8, 4) is 0 Å². The van der Waals surface area contributed by atoms with Gasteiger partial charge in [0.15, 0.2) is 0 Å². The number of hydrogen-bond acceptors (Lipinski definition) is 4. The van der Waals surface area contributed by atoms with Crippen LogP contribution in [0.4, 0.5) is 0 Å². The number of ether oxygens (including phenoxy) is 2. The molecule has 0 spiro atoms. The second kappa shape index (κ2) is 4.25. The van der Waals surface area contributed by atoms with E-state index in [1.54, 1.807) is 0 Å². The molecule has 1 rings (SSSR count). The normalized spacial score (nSPS) is 26.9. The predicted molar refractivity (Wildman–Crippen MR) is 44.9 cm³/mol. The third-order valence-corrected chi connectivity index (χ3v) is 2.50. The highest BCUT2D eigenvalue weighted by Gasteiger charge is 2.34. The molecular weight excluding hydrogens is 172 g/mol. The molecule has 0 aromatic rings. The molecule has 2 unspecified atom stereocenters. The summed E-state index contributed by atoms with van der Waals surface area (Å²) in [6.07, 6.45) is 2.03. The lowest BCUT2D eigenvalue weighted by atomic mass is 10.1. The minimum absolute atomic E-state index is 0.117. The van der Waals surface area contributed by atoms with Crippen LogP contribution >= 0.6 is 0 Å². The molecule has 0 heterocycles. The number of methoxy groups -OCH3 is 2. The Balaban J connectivity index is 2.44. The highest BCUT2D eigenvalue weighted by molar-refractivity contribution is 5.77. The van der Waals surface area contributed by atoms with Crippen molar-refractivity contribution in [2.75, 3.05) is 14.2 Å². The number of esters is 2. The summed E-state index contributed by atoms with van der Waals surface area (Å²) in [4.78, 5) is 22.2. The Morgan fingerprint density at radius 2 is 1.38 bits per heavy atom. The summed E-state index contributed by atoms with van der Waals surface area (Å²) >= 11 is 0. The molecular formula is C9H14O4. The molecule has 1 aliphatic rings. The van der Waals surface area contributed by atoms with Crippen molar-refractivity contribution in [3.63, 3.8) is 0 Å². The lowest BCUT2D eigenvalue weighted by Crippen LogP contribution is -2.16. The van der Waals surface area contributed by atoms with Crippen LogP contribution in [0.1, 0.15) is 19.3 Å². The van der Waals surface area contributed by atoms with E-state index in [0.717, 1.165) is 12.8 Å². The fraction of sp³-hybridized carbons (Fsp3) is 0.778. The van der Waals surface area contributed by atoms with Crippen LogP contribution < -0.4 is 0 Å². The van der Waals surface area contributed by atoms with E-state index < -0.39 is 0 Å². The Morgan fingerprint density at radius 1 is 1.00 bits per heavy atom. The lowest BCUT2D eigenvalue weighted by molar-refractivity contribution is -0.146.